The molecule has 0 aromatic heterocycles. The second kappa shape index (κ2) is 5.19. The molecule has 3 N–H and O–H groups in total. The van der Waals surface area contributed by atoms with Crippen molar-refractivity contribution < 1.29 is 9.90 Å². The first-order valence-corrected chi connectivity index (χ1v) is 5.58. The van der Waals surface area contributed by atoms with Crippen LogP contribution in [0.15, 0.2) is 23.1 Å². The standard InChI is InChI=1S/C11H15NO2S/c1-7-3-4-9(8(2)5-7)15-10(12)6-11(13)14/h3-5,10H,6,12H2,1-2H3,(H,13,14). The summed E-state index contributed by atoms with van der Waals surface area (Å²) in [6.07, 6.45) is -0.0159. The Bertz CT molecular complexity index is 366. The first-order valence-electron chi connectivity index (χ1n) is 4.70. The molecule has 15 heavy (non-hydrogen) atoms. The van der Waals surface area contributed by atoms with Crippen LogP contribution < -0.4 is 5.73 Å². The van der Waals surface area contributed by atoms with E-state index >= 15 is 0 Å². The van der Waals surface area contributed by atoms with Gasteiger partial charge in [0.15, 0.2) is 0 Å². The molecular weight excluding hydrogens is 210 g/mol. The van der Waals surface area contributed by atoms with E-state index < -0.39 is 5.97 Å². The molecule has 0 saturated carbocycles. The fraction of sp³-hybridized carbons (Fsp3) is 0.364. The maximum absolute atomic E-state index is 10.4. The summed E-state index contributed by atoms with van der Waals surface area (Å²) in [5, 5.41) is 8.20. The zero-order valence-corrected chi connectivity index (χ0v) is 9.67. The molecule has 0 radical (unpaired) electrons. The molecule has 1 unspecified atom stereocenters. The van der Waals surface area contributed by atoms with Crippen molar-refractivity contribution in [3.8, 4) is 0 Å². The van der Waals surface area contributed by atoms with Gasteiger partial charge in [0.05, 0.1) is 11.8 Å². The second-order valence-electron chi connectivity index (χ2n) is 3.52. The van der Waals surface area contributed by atoms with Crippen LogP contribution in [0.2, 0.25) is 0 Å². The van der Waals surface area contributed by atoms with Gasteiger partial charge in [0.1, 0.15) is 0 Å². The molecule has 0 amide bonds. The van der Waals surface area contributed by atoms with E-state index in [4.69, 9.17) is 10.8 Å². The molecule has 0 aliphatic rings. The Morgan fingerprint density at radius 1 is 1.53 bits per heavy atom. The minimum absolute atomic E-state index is 0.0159. The molecule has 1 aromatic rings. The number of aryl methyl sites for hydroxylation is 2. The lowest BCUT2D eigenvalue weighted by Gasteiger charge is -2.11. The molecule has 0 fully saturated rings. The van der Waals surface area contributed by atoms with Gasteiger partial charge in [-0.1, -0.05) is 17.7 Å². The van der Waals surface area contributed by atoms with Crippen molar-refractivity contribution >= 4 is 17.7 Å². The van der Waals surface area contributed by atoms with Gasteiger partial charge in [-0.3, -0.25) is 4.79 Å². The van der Waals surface area contributed by atoms with Gasteiger partial charge in [0.25, 0.3) is 0 Å². The summed E-state index contributed by atoms with van der Waals surface area (Å²) in [5.41, 5.74) is 8.03. The maximum atomic E-state index is 10.4. The summed E-state index contributed by atoms with van der Waals surface area (Å²) in [6.45, 7) is 4.03. The molecule has 0 saturated heterocycles. The van der Waals surface area contributed by atoms with Crippen LogP contribution in [0.3, 0.4) is 0 Å². The molecule has 1 rings (SSSR count). The Morgan fingerprint density at radius 2 is 2.20 bits per heavy atom. The van der Waals surface area contributed by atoms with Crippen LogP contribution in [-0.2, 0) is 4.79 Å². The molecule has 0 bridgehead atoms. The van der Waals surface area contributed by atoms with Crippen LogP contribution in [0.1, 0.15) is 17.5 Å². The van der Waals surface area contributed by atoms with E-state index in [1.165, 1.54) is 17.3 Å². The summed E-state index contributed by atoms with van der Waals surface area (Å²) < 4.78 is 0. The summed E-state index contributed by atoms with van der Waals surface area (Å²) in [7, 11) is 0. The minimum atomic E-state index is -0.861. The van der Waals surface area contributed by atoms with E-state index in [1.54, 1.807) is 0 Å². The first kappa shape index (κ1) is 12.1. The fourth-order valence-electron chi connectivity index (χ4n) is 1.31. The lowest BCUT2D eigenvalue weighted by molar-refractivity contribution is -0.136. The van der Waals surface area contributed by atoms with Crippen LogP contribution in [0.4, 0.5) is 0 Å². The SMILES string of the molecule is Cc1ccc(SC(N)CC(=O)O)c(C)c1. The summed E-state index contributed by atoms with van der Waals surface area (Å²) >= 11 is 1.40. The number of hydrogen-bond acceptors (Lipinski definition) is 3. The Kier molecular flexibility index (Phi) is 4.17. The maximum Gasteiger partial charge on any atom is 0.305 e. The van der Waals surface area contributed by atoms with E-state index in [9.17, 15) is 4.79 Å². The van der Waals surface area contributed by atoms with Gasteiger partial charge < -0.3 is 10.8 Å². The molecule has 0 aliphatic carbocycles. The minimum Gasteiger partial charge on any atom is -0.481 e. The highest BCUT2D eigenvalue weighted by Gasteiger charge is 2.10. The third-order valence-corrected chi connectivity index (χ3v) is 3.17. The van der Waals surface area contributed by atoms with E-state index in [0.717, 1.165) is 10.5 Å². The third-order valence-electron chi connectivity index (χ3n) is 1.98. The quantitative estimate of drug-likeness (QED) is 0.609. The number of carbonyl (C=O) groups is 1. The van der Waals surface area contributed by atoms with E-state index in [-0.39, 0.29) is 11.8 Å². The Labute approximate surface area is 93.7 Å². The Morgan fingerprint density at radius 3 is 2.73 bits per heavy atom. The predicted octanol–water partition coefficient (Wildman–Crippen LogP) is 2.16. The number of benzene rings is 1. The van der Waals surface area contributed by atoms with Gasteiger partial charge in [0.2, 0.25) is 0 Å². The van der Waals surface area contributed by atoms with Crippen molar-refractivity contribution in [2.24, 2.45) is 5.73 Å². The van der Waals surface area contributed by atoms with E-state index in [1.807, 2.05) is 26.0 Å². The number of carboxylic acid groups (broad SMARTS) is 1. The van der Waals surface area contributed by atoms with Crippen molar-refractivity contribution in [2.45, 2.75) is 30.5 Å². The summed E-state index contributed by atoms with van der Waals surface area (Å²) in [4.78, 5) is 11.5. The number of rotatable bonds is 4. The number of hydrogen-bond donors (Lipinski definition) is 2. The molecule has 82 valence electrons. The molecule has 0 heterocycles. The number of carboxylic acids is 1. The van der Waals surface area contributed by atoms with Gasteiger partial charge in [-0.25, -0.2) is 0 Å². The van der Waals surface area contributed by atoms with Gasteiger partial charge in [-0.2, -0.15) is 0 Å². The average Bonchev–Trinajstić information content (AvgIpc) is 2.08. The zero-order chi connectivity index (χ0) is 11.4. The average molecular weight is 225 g/mol. The lowest BCUT2D eigenvalue weighted by atomic mass is 10.2. The van der Waals surface area contributed by atoms with Crippen LogP contribution in [-0.4, -0.2) is 16.4 Å². The van der Waals surface area contributed by atoms with Gasteiger partial charge >= 0.3 is 5.97 Å². The largest absolute Gasteiger partial charge is 0.481 e. The Hall–Kier alpha value is -1.00. The van der Waals surface area contributed by atoms with Crippen molar-refractivity contribution in [3.63, 3.8) is 0 Å². The molecule has 0 spiro atoms. The first-order chi connectivity index (χ1) is 6.99. The number of nitrogens with two attached hydrogens (primary N) is 1. The monoisotopic (exact) mass is 225 g/mol. The molecule has 4 heteroatoms. The topological polar surface area (TPSA) is 63.3 Å². The van der Waals surface area contributed by atoms with Crippen LogP contribution >= 0.6 is 11.8 Å². The zero-order valence-electron chi connectivity index (χ0n) is 8.86. The van der Waals surface area contributed by atoms with Gasteiger partial charge in [0, 0.05) is 4.90 Å². The summed E-state index contributed by atoms with van der Waals surface area (Å²) in [5.74, 6) is -0.861. The summed E-state index contributed by atoms with van der Waals surface area (Å²) in [6, 6.07) is 6.05. The number of thioether (sulfide) groups is 1. The van der Waals surface area contributed by atoms with Gasteiger partial charge in [-0.05, 0) is 25.5 Å². The smallest absolute Gasteiger partial charge is 0.305 e. The highest BCUT2D eigenvalue weighted by molar-refractivity contribution is 8.00. The molecular formula is C11H15NO2S. The third kappa shape index (κ3) is 3.93. The highest BCUT2D eigenvalue weighted by atomic mass is 32.2. The number of aliphatic carboxylic acids is 1. The molecule has 1 aromatic carbocycles. The van der Waals surface area contributed by atoms with Gasteiger partial charge in [-0.15, -0.1) is 11.8 Å². The highest BCUT2D eigenvalue weighted by Crippen LogP contribution is 2.26. The van der Waals surface area contributed by atoms with Crippen molar-refractivity contribution in [3.05, 3.63) is 29.3 Å². The van der Waals surface area contributed by atoms with Crippen molar-refractivity contribution in [1.82, 2.24) is 0 Å². The lowest BCUT2D eigenvalue weighted by Crippen LogP contribution is -2.19. The molecule has 1 atom stereocenters. The normalized spacial score (nSPS) is 12.5. The van der Waals surface area contributed by atoms with Crippen molar-refractivity contribution in [2.75, 3.05) is 0 Å². The predicted molar refractivity (Wildman–Crippen MR) is 62.0 cm³/mol. The van der Waals surface area contributed by atoms with Crippen LogP contribution in [0, 0.1) is 13.8 Å². The Balaban J connectivity index is 2.68. The molecule has 0 aliphatic heterocycles. The molecule has 3 nitrogen and oxygen atoms in total. The second-order valence-corrected chi connectivity index (χ2v) is 4.80. The van der Waals surface area contributed by atoms with E-state index in [2.05, 4.69) is 6.07 Å². The van der Waals surface area contributed by atoms with Crippen LogP contribution in [0.25, 0.3) is 0 Å². The van der Waals surface area contributed by atoms with Crippen molar-refractivity contribution in [1.29, 1.82) is 0 Å². The van der Waals surface area contributed by atoms with E-state index in [0.29, 0.717) is 0 Å². The fourth-order valence-corrected chi connectivity index (χ4v) is 2.25. The van der Waals surface area contributed by atoms with Crippen LogP contribution in [0.5, 0.6) is 0 Å².